The molecule has 0 spiro atoms. The van der Waals surface area contributed by atoms with Crippen LogP contribution in [0.1, 0.15) is 5.56 Å². The van der Waals surface area contributed by atoms with Crippen molar-refractivity contribution in [1.29, 1.82) is 0 Å². The van der Waals surface area contributed by atoms with E-state index in [1.807, 2.05) is 0 Å². The van der Waals surface area contributed by atoms with Crippen LogP contribution < -0.4 is 0 Å². The van der Waals surface area contributed by atoms with Gasteiger partial charge in [0.2, 0.25) is 0 Å². The molecule has 4 rings (SSSR count). The van der Waals surface area contributed by atoms with Gasteiger partial charge in [0, 0.05) is 31.4 Å². The van der Waals surface area contributed by atoms with E-state index in [9.17, 15) is 0 Å². The molecular weight excluding hydrogens is 296 g/mol. The molecule has 0 bridgehead atoms. The zero-order chi connectivity index (χ0) is 16.2. The molecule has 0 unspecified atom stereocenters. The molecule has 3 heteroatoms. The van der Waals surface area contributed by atoms with E-state index in [0.717, 1.165) is 39.4 Å². The van der Waals surface area contributed by atoms with Crippen LogP contribution >= 0.6 is 0 Å². The summed E-state index contributed by atoms with van der Waals surface area (Å²) < 4.78 is 5.39. The number of aliphatic imine (C=N–C) groups is 1. The summed E-state index contributed by atoms with van der Waals surface area (Å²) in [5.41, 5.74) is 1.23. The van der Waals surface area contributed by atoms with Crippen LogP contribution in [-0.4, -0.2) is 50.5 Å². The lowest BCUT2D eigenvalue weighted by Gasteiger charge is -2.25. The van der Waals surface area contributed by atoms with Gasteiger partial charge in [-0.05, 0) is 27.6 Å². The van der Waals surface area contributed by atoms with Gasteiger partial charge < -0.3 is 4.74 Å². The lowest BCUT2D eigenvalue weighted by atomic mass is 9.97. The van der Waals surface area contributed by atoms with Gasteiger partial charge in [-0.2, -0.15) is 0 Å². The number of hydrogen-bond acceptors (Lipinski definition) is 3. The lowest BCUT2D eigenvalue weighted by Crippen LogP contribution is -2.37. The van der Waals surface area contributed by atoms with Crippen LogP contribution in [0.2, 0.25) is 0 Å². The molecule has 0 radical (unpaired) electrons. The highest BCUT2D eigenvalue weighted by molar-refractivity contribution is 6.13. The summed E-state index contributed by atoms with van der Waals surface area (Å²) in [6.07, 6.45) is 2.06. The highest BCUT2D eigenvalue weighted by Crippen LogP contribution is 2.27. The molecule has 0 aliphatic carbocycles. The molecule has 122 valence electrons. The minimum atomic E-state index is 0.831. The predicted octanol–water partition coefficient (Wildman–Crippen LogP) is 3.74. The Morgan fingerprint density at radius 1 is 0.917 bits per heavy atom. The molecule has 24 heavy (non-hydrogen) atoms. The number of hydrogen-bond donors (Lipinski definition) is 0. The van der Waals surface area contributed by atoms with E-state index in [2.05, 4.69) is 65.7 Å². The summed E-state index contributed by atoms with van der Waals surface area (Å²) in [7, 11) is 0. The monoisotopic (exact) mass is 318 g/mol. The lowest BCUT2D eigenvalue weighted by molar-refractivity contribution is 0.0395. The SMILES string of the molecule is C(=NCCN1CCOCC1)c1c2ccccc2cc2ccccc12. The first-order valence-electron chi connectivity index (χ1n) is 8.62. The second kappa shape index (κ2) is 7.12. The van der Waals surface area contributed by atoms with Crippen molar-refractivity contribution in [3.8, 4) is 0 Å². The quantitative estimate of drug-likeness (QED) is 0.541. The van der Waals surface area contributed by atoms with Crippen LogP contribution in [0.25, 0.3) is 21.5 Å². The van der Waals surface area contributed by atoms with Gasteiger partial charge in [-0.1, -0.05) is 48.5 Å². The Labute approximate surface area is 142 Å². The van der Waals surface area contributed by atoms with Crippen molar-refractivity contribution in [1.82, 2.24) is 4.90 Å². The topological polar surface area (TPSA) is 24.8 Å². The normalized spacial score (nSPS) is 16.3. The third-order valence-electron chi connectivity index (χ3n) is 4.68. The van der Waals surface area contributed by atoms with E-state index < -0.39 is 0 Å². The van der Waals surface area contributed by atoms with Gasteiger partial charge in [0.25, 0.3) is 0 Å². The summed E-state index contributed by atoms with van der Waals surface area (Å²) in [6.45, 7) is 5.56. The Bertz CT molecular complexity index is 812. The van der Waals surface area contributed by atoms with Crippen molar-refractivity contribution in [2.45, 2.75) is 0 Å². The molecular formula is C21H22N2O. The number of rotatable bonds is 4. The van der Waals surface area contributed by atoms with E-state index in [1.165, 1.54) is 27.1 Å². The standard InChI is InChI=1S/C21H22N2O/c1-3-7-19-17(5-1)15-18-6-2-4-8-20(18)21(19)16-22-9-10-23-11-13-24-14-12-23/h1-8,15-16H,9-14H2. The maximum Gasteiger partial charge on any atom is 0.0594 e. The molecule has 0 aromatic heterocycles. The number of fused-ring (bicyclic) bond motifs is 2. The van der Waals surface area contributed by atoms with Crippen LogP contribution in [0, 0.1) is 0 Å². The van der Waals surface area contributed by atoms with Crippen molar-refractivity contribution in [3.05, 3.63) is 60.2 Å². The third-order valence-corrected chi connectivity index (χ3v) is 4.68. The molecule has 1 fully saturated rings. The van der Waals surface area contributed by atoms with Gasteiger partial charge in [0.15, 0.2) is 0 Å². The fourth-order valence-electron chi connectivity index (χ4n) is 3.37. The molecule has 0 atom stereocenters. The third kappa shape index (κ3) is 3.18. The molecule has 3 nitrogen and oxygen atoms in total. The van der Waals surface area contributed by atoms with E-state index in [1.54, 1.807) is 0 Å². The Morgan fingerprint density at radius 3 is 2.21 bits per heavy atom. The summed E-state index contributed by atoms with van der Waals surface area (Å²) in [5.74, 6) is 0. The molecule has 3 aromatic rings. The number of nitrogens with zero attached hydrogens (tertiary/aromatic N) is 2. The van der Waals surface area contributed by atoms with E-state index in [4.69, 9.17) is 9.73 Å². The molecule has 3 aromatic carbocycles. The number of morpholine rings is 1. The minimum absolute atomic E-state index is 0.831. The molecule has 1 saturated heterocycles. The first-order valence-corrected chi connectivity index (χ1v) is 8.62. The van der Waals surface area contributed by atoms with Crippen LogP contribution in [0.5, 0.6) is 0 Å². The predicted molar refractivity (Wildman–Crippen MR) is 101 cm³/mol. The molecule has 1 aliphatic heterocycles. The maximum atomic E-state index is 5.39. The van der Waals surface area contributed by atoms with Gasteiger partial charge in [-0.25, -0.2) is 0 Å². The first-order chi connectivity index (χ1) is 11.9. The van der Waals surface area contributed by atoms with Crippen LogP contribution in [-0.2, 0) is 4.74 Å². The van der Waals surface area contributed by atoms with Gasteiger partial charge in [-0.3, -0.25) is 9.89 Å². The Kier molecular flexibility index (Phi) is 4.54. The zero-order valence-corrected chi connectivity index (χ0v) is 13.8. The van der Waals surface area contributed by atoms with Crippen molar-refractivity contribution in [2.75, 3.05) is 39.4 Å². The Balaban J connectivity index is 1.62. The average molecular weight is 318 g/mol. The smallest absolute Gasteiger partial charge is 0.0594 e. The molecule has 0 N–H and O–H groups in total. The fraction of sp³-hybridized carbons (Fsp3) is 0.286. The zero-order valence-electron chi connectivity index (χ0n) is 13.8. The Morgan fingerprint density at radius 2 is 1.54 bits per heavy atom. The summed E-state index contributed by atoms with van der Waals surface area (Å²) in [6, 6.07) is 19.4. The second-order valence-corrected chi connectivity index (χ2v) is 6.22. The first kappa shape index (κ1) is 15.3. The van der Waals surface area contributed by atoms with E-state index in [-0.39, 0.29) is 0 Å². The van der Waals surface area contributed by atoms with Gasteiger partial charge in [-0.15, -0.1) is 0 Å². The summed E-state index contributed by atoms with van der Waals surface area (Å²) >= 11 is 0. The van der Waals surface area contributed by atoms with Crippen LogP contribution in [0.4, 0.5) is 0 Å². The van der Waals surface area contributed by atoms with Crippen molar-refractivity contribution in [3.63, 3.8) is 0 Å². The largest absolute Gasteiger partial charge is 0.379 e. The molecule has 1 heterocycles. The number of benzene rings is 3. The maximum absolute atomic E-state index is 5.39. The Hall–Kier alpha value is -2.23. The molecule has 0 saturated carbocycles. The minimum Gasteiger partial charge on any atom is -0.379 e. The van der Waals surface area contributed by atoms with Gasteiger partial charge in [0.1, 0.15) is 0 Å². The van der Waals surface area contributed by atoms with Crippen molar-refractivity contribution in [2.24, 2.45) is 4.99 Å². The summed E-state index contributed by atoms with van der Waals surface area (Å²) in [5, 5.41) is 5.08. The van der Waals surface area contributed by atoms with Crippen LogP contribution in [0.3, 0.4) is 0 Å². The van der Waals surface area contributed by atoms with Crippen molar-refractivity contribution < 1.29 is 4.74 Å². The summed E-state index contributed by atoms with van der Waals surface area (Å²) in [4.78, 5) is 7.15. The number of ether oxygens (including phenoxy) is 1. The fourth-order valence-corrected chi connectivity index (χ4v) is 3.37. The van der Waals surface area contributed by atoms with Gasteiger partial charge in [0.05, 0.1) is 19.8 Å². The van der Waals surface area contributed by atoms with E-state index in [0.29, 0.717) is 0 Å². The molecule has 0 amide bonds. The van der Waals surface area contributed by atoms with E-state index >= 15 is 0 Å². The van der Waals surface area contributed by atoms with Crippen LogP contribution in [0.15, 0.2) is 59.6 Å². The highest BCUT2D eigenvalue weighted by atomic mass is 16.5. The highest BCUT2D eigenvalue weighted by Gasteiger charge is 2.09. The molecule has 1 aliphatic rings. The van der Waals surface area contributed by atoms with Gasteiger partial charge >= 0.3 is 0 Å². The van der Waals surface area contributed by atoms with Crippen molar-refractivity contribution >= 4 is 27.8 Å². The second-order valence-electron chi connectivity index (χ2n) is 6.22. The average Bonchev–Trinajstić information content (AvgIpc) is 2.65.